The largest absolute Gasteiger partial charge is 0.691 e. The molecule has 0 atom stereocenters. The molecule has 0 aromatic heterocycles. The van der Waals surface area contributed by atoms with Gasteiger partial charge in [-0.05, 0) is 37.7 Å². The molecule has 0 saturated heterocycles. The Morgan fingerprint density at radius 1 is 1.38 bits per heavy atom. The summed E-state index contributed by atoms with van der Waals surface area (Å²) in [6.07, 6.45) is 0. The first-order valence-corrected chi connectivity index (χ1v) is 4.90. The number of hydrogen-bond donors (Lipinski definition) is 0. The van der Waals surface area contributed by atoms with Gasteiger partial charge in [0.1, 0.15) is 10.8 Å². The fourth-order valence-electron chi connectivity index (χ4n) is 1.27. The summed E-state index contributed by atoms with van der Waals surface area (Å²) in [4.78, 5) is 12.9. The van der Waals surface area contributed by atoms with E-state index in [9.17, 15) is 10.0 Å². The van der Waals surface area contributed by atoms with Crippen molar-refractivity contribution in [1.29, 1.82) is 0 Å². The molecule has 0 unspecified atom stereocenters. The van der Waals surface area contributed by atoms with Gasteiger partial charge in [-0.25, -0.2) is 0 Å². The fourth-order valence-corrected chi connectivity index (χ4v) is 1.27. The minimum Gasteiger partial charge on any atom is -0.691 e. The van der Waals surface area contributed by atoms with Crippen molar-refractivity contribution in [2.24, 2.45) is 0 Å². The monoisotopic (exact) mass is 220 g/mol. The van der Waals surface area contributed by atoms with Gasteiger partial charge >= 0.3 is 0 Å². The molecule has 0 N–H and O–H groups in total. The van der Waals surface area contributed by atoms with E-state index in [1.165, 1.54) is 23.0 Å². The minimum atomic E-state index is -0.378. The molecule has 2 rings (SSSR count). The van der Waals surface area contributed by atoms with Gasteiger partial charge in [0.25, 0.3) is 0 Å². The molecule has 1 heterocycles. The van der Waals surface area contributed by atoms with Crippen molar-refractivity contribution in [2.45, 2.75) is 26.3 Å². The Morgan fingerprint density at radius 3 is 2.69 bits per heavy atom. The van der Waals surface area contributed by atoms with E-state index < -0.39 is 0 Å². The lowest BCUT2D eigenvalue weighted by Gasteiger charge is -2.16. The van der Waals surface area contributed by atoms with E-state index in [1.54, 1.807) is 0 Å². The maximum Gasteiger partial charge on any atom is 0.187 e. The average Bonchev–Trinajstić information content (AvgIpc) is 2.17. The van der Waals surface area contributed by atoms with E-state index in [-0.39, 0.29) is 16.7 Å². The molecular formula is C10H12N4O2. The van der Waals surface area contributed by atoms with Crippen LogP contribution in [0.2, 0.25) is 0 Å². The Kier molecular flexibility index (Phi) is 2.15. The van der Waals surface area contributed by atoms with Crippen LogP contribution in [-0.2, 0) is 5.54 Å². The van der Waals surface area contributed by atoms with Gasteiger partial charge in [-0.15, -0.1) is 4.85 Å². The van der Waals surface area contributed by atoms with Gasteiger partial charge in [-0.3, -0.25) is 4.79 Å². The second kappa shape index (κ2) is 3.26. The van der Waals surface area contributed by atoms with E-state index >= 15 is 0 Å². The van der Waals surface area contributed by atoms with Crippen LogP contribution in [0, 0.1) is 5.21 Å². The lowest BCUT2D eigenvalue weighted by atomic mass is 10.1. The van der Waals surface area contributed by atoms with Crippen LogP contribution in [0.25, 0.3) is 11.4 Å². The first kappa shape index (κ1) is 10.5. The van der Waals surface area contributed by atoms with Gasteiger partial charge in [0.15, 0.2) is 16.8 Å². The number of hydrogen-bond acceptors (Lipinski definition) is 4. The van der Waals surface area contributed by atoms with Gasteiger partial charge in [0, 0.05) is 6.07 Å². The first-order chi connectivity index (χ1) is 7.38. The summed E-state index contributed by atoms with van der Waals surface area (Å²) in [6, 6.07) is 4.13. The van der Waals surface area contributed by atoms with Crippen molar-refractivity contribution in [3.05, 3.63) is 33.6 Å². The van der Waals surface area contributed by atoms with E-state index in [0.29, 0.717) is 10.5 Å². The lowest BCUT2D eigenvalue weighted by molar-refractivity contribution is -0.670. The zero-order valence-electron chi connectivity index (χ0n) is 9.34. The molecule has 1 aliphatic heterocycles. The van der Waals surface area contributed by atoms with Crippen LogP contribution in [0.1, 0.15) is 20.8 Å². The van der Waals surface area contributed by atoms with Crippen molar-refractivity contribution in [3.8, 4) is 11.4 Å². The van der Waals surface area contributed by atoms with Crippen molar-refractivity contribution in [2.75, 3.05) is 0 Å². The SMILES string of the molecule is CC(C)(C)n1nc2ccc(=O)cc-2[n+]([O-])n1. The van der Waals surface area contributed by atoms with Crippen LogP contribution in [0.3, 0.4) is 0 Å². The Morgan fingerprint density at radius 2 is 2.06 bits per heavy atom. The van der Waals surface area contributed by atoms with E-state index in [1.807, 2.05) is 20.8 Å². The second-order valence-electron chi connectivity index (χ2n) is 4.57. The third kappa shape index (κ3) is 1.73. The summed E-state index contributed by atoms with van der Waals surface area (Å²) in [5, 5.41) is 19.5. The fraction of sp³-hybridized carbons (Fsp3) is 0.400. The Balaban J connectivity index is 2.74. The van der Waals surface area contributed by atoms with Crippen LogP contribution >= 0.6 is 0 Å². The molecule has 0 amide bonds. The molecule has 0 radical (unpaired) electrons. The van der Waals surface area contributed by atoms with E-state index in [2.05, 4.69) is 10.3 Å². The molecule has 0 saturated carbocycles. The van der Waals surface area contributed by atoms with Crippen LogP contribution < -0.4 is 10.3 Å². The molecule has 0 fully saturated rings. The average molecular weight is 220 g/mol. The summed E-state index contributed by atoms with van der Waals surface area (Å²) in [7, 11) is 0. The lowest BCUT2D eigenvalue weighted by Crippen LogP contribution is -2.44. The van der Waals surface area contributed by atoms with Crippen LogP contribution in [0.5, 0.6) is 0 Å². The zero-order valence-corrected chi connectivity index (χ0v) is 9.34. The summed E-state index contributed by atoms with van der Waals surface area (Å²) in [5.74, 6) is 0. The summed E-state index contributed by atoms with van der Waals surface area (Å²) >= 11 is 0. The highest BCUT2D eigenvalue weighted by Gasteiger charge is 2.25. The second-order valence-corrected chi connectivity index (χ2v) is 4.57. The standard InChI is InChI=1S/C10H12N4O2/c1-10(2,3)14-11-8-5-4-7(15)6-9(8)13(16)12-14/h4-6H,1-3H3. The molecule has 0 aromatic rings. The van der Waals surface area contributed by atoms with Crippen molar-refractivity contribution >= 4 is 0 Å². The number of nitrogens with zero attached hydrogens (tertiary/aromatic N) is 4. The quantitative estimate of drug-likeness (QED) is 0.467. The topological polar surface area (TPSA) is 74.7 Å². The Hall–Kier alpha value is -1.98. The molecule has 6 nitrogen and oxygen atoms in total. The molecule has 0 aromatic carbocycles. The maximum absolute atomic E-state index is 11.6. The molecule has 0 bridgehead atoms. The van der Waals surface area contributed by atoms with Gasteiger partial charge in [0.2, 0.25) is 0 Å². The van der Waals surface area contributed by atoms with Crippen molar-refractivity contribution in [1.82, 2.24) is 15.1 Å². The highest BCUT2D eigenvalue weighted by atomic mass is 16.5. The highest BCUT2D eigenvalue weighted by molar-refractivity contribution is 5.50. The number of aromatic nitrogens is 4. The minimum absolute atomic E-state index is 0.188. The highest BCUT2D eigenvalue weighted by Crippen LogP contribution is 2.14. The number of benzene rings is 1. The molecule has 2 aliphatic rings. The van der Waals surface area contributed by atoms with E-state index in [4.69, 9.17) is 0 Å². The summed E-state index contributed by atoms with van der Waals surface area (Å²) in [6.45, 7) is 5.67. The first-order valence-electron chi connectivity index (χ1n) is 4.90. The third-order valence-corrected chi connectivity index (χ3v) is 2.12. The van der Waals surface area contributed by atoms with Gasteiger partial charge in [-0.1, -0.05) is 5.10 Å². The molecule has 6 heteroatoms. The van der Waals surface area contributed by atoms with Crippen LogP contribution in [0.4, 0.5) is 0 Å². The summed E-state index contributed by atoms with van der Waals surface area (Å²) < 4.78 is 0. The number of fused-ring (bicyclic) bond motifs is 1. The third-order valence-electron chi connectivity index (χ3n) is 2.12. The Bertz CT molecular complexity index is 556. The normalized spacial score (nSPS) is 11.9. The zero-order chi connectivity index (χ0) is 11.9. The predicted molar refractivity (Wildman–Crippen MR) is 56.9 cm³/mol. The van der Waals surface area contributed by atoms with Crippen LogP contribution in [-0.4, -0.2) is 15.1 Å². The Labute approximate surface area is 92.0 Å². The van der Waals surface area contributed by atoms with Crippen molar-refractivity contribution < 1.29 is 4.85 Å². The molecule has 16 heavy (non-hydrogen) atoms. The molecular weight excluding hydrogens is 208 g/mol. The van der Waals surface area contributed by atoms with Crippen molar-refractivity contribution in [3.63, 3.8) is 0 Å². The van der Waals surface area contributed by atoms with Crippen LogP contribution in [0.15, 0.2) is 23.0 Å². The molecule has 1 aliphatic carbocycles. The molecule has 84 valence electrons. The predicted octanol–water partition coefficient (Wildman–Crippen LogP) is 0.131. The van der Waals surface area contributed by atoms with Gasteiger partial charge in [0.05, 0.1) is 0 Å². The van der Waals surface area contributed by atoms with E-state index in [0.717, 1.165) is 0 Å². The molecule has 0 spiro atoms. The van der Waals surface area contributed by atoms with Gasteiger partial charge in [-0.2, -0.15) is 0 Å². The maximum atomic E-state index is 11.6. The number of rotatable bonds is 0. The summed E-state index contributed by atoms with van der Waals surface area (Å²) in [5.41, 5.74) is 0.0398. The van der Waals surface area contributed by atoms with Gasteiger partial charge < -0.3 is 5.21 Å². The smallest absolute Gasteiger partial charge is 0.187 e.